The molecule has 0 aromatic heterocycles. The van der Waals surface area contributed by atoms with E-state index in [9.17, 15) is 13.2 Å². The Hall–Kier alpha value is -2.05. The zero-order valence-corrected chi connectivity index (χ0v) is 13.9. The first kappa shape index (κ1) is 17.8. The summed E-state index contributed by atoms with van der Waals surface area (Å²) < 4.78 is 38.1. The third-order valence-electron chi connectivity index (χ3n) is 3.87. The molecule has 1 N–H and O–H groups in total. The number of alkyl halides is 3. The molecule has 1 aliphatic rings. The molecule has 1 aliphatic heterocycles. The normalized spacial score (nSPS) is 17.3. The molecule has 0 spiro atoms. The number of nitrogens with zero attached hydrogens (tertiary/aromatic N) is 1. The van der Waals surface area contributed by atoms with Crippen molar-refractivity contribution in [2.24, 2.45) is 5.16 Å². The van der Waals surface area contributed by atoms with Crippen molar-refractivity contribution >= 4 is 17.3 Å². The van der Waals surface area contributed by atoms with Crippen LogP contribution in [0.15, 0.2) is 53.7 Å². The Labute approximate surface area is 148 Å². The van der Waals surface area contributed by atoms with Crippen molar-refractivity contribution in [1.82, 2.24) is 5.32 Å². The Morgan fingerprint density at radius 3 is 2.64 bits per heavy atom. The van der Waals surface area contributed by atoms with Crippen LogP contribution >= 0.6 is 11.6 Å². The van der Waals surface area contributed by atoms with Crippen molar-refractivity contribution in [2.45, 2.75) is 25.2 Å². The molecular formula is C18H16ClF3N2O. The summed E-state index contributed by atoms with van der Waals surface area (Å²) in [4.78, 5) is 5.38. The summed E-state index contributed by atoms with van der Waals surface area (Å²) in [7, 11) is 0. The van der Waals surface area contributed by atoms with Crippen molar-refractivity contribution in [2.75, 3.05) is 6.54 Å². The highest BCUT2D eigenvalue weighted by Crippen LogP contribution is 2.29. The van der Waals surface area contributed by atoms with E-state index in [4.69, 9.17) is 16.4 Å². The van der Waals surface area contributed by atoms with Gasteiger partial charge in [0.05, 0.1) is 11.3 Å². The van der Waals surface area contributed by atoms with Crippen LogP contribution in [-0.2, 0) is 17.6 Å². The minimum absolute atomic E-state index is 0.142. The molecule has 2 aromatic rings. The van der Waals surface area contributed by atoms with Gasteiger partial charge in [0.15, 0.2) is 0 Å². The molecule has 132 valence electrons. The fraction of sp³-hybridized carbons (Fsp3) is 0.278. The van der Waals surface area contributed by atoms with Crippen LogP contribution in [0.5, 0.6) is 0 Å². The second-order valence-electron chi connectivity index (χ2n) is 5.81. The fourth-order valence-corrected chi connectivity index (χ4v) is 2.71. The first-order valence-corrected chi connectivity index (χ1v) is 8.15. The summed E-state index contributed by atoms with van der Waals surface area (Å²) in [6.45, 7) is 0.830. The van der Waals surface area contributed by atoms with E-state index in [1.54, 1.807) is 18.2 Å². The van der Waals surface area contributed by atoms with Crippen LogP contribution < -0.4 is 5.32 Å². The summed E-state index contributed by atoms with van der Waals surface area (Å²) in [6, 6.07) is 12.6. The van der Waals surface area contributed by atoms with Gasteiger partial charge in [-0.1, -0.05) is 47.1 Å². The smallest absolute Gasteiger partial charge is 0.390 e. The average molecular weight is 369 g/mol. The molecule has 0 fully saturated rings. The van der Waals surface area contributed by atoms with Crippen molar-refractivity contribution in [3.8, 4) is 0 Å². The van der Waals surface area contributed by atoms with Crippen LogP contribution in [0.4, 0.5) is 13.2 Å². The molecular weight excluding hydrogens is 353 g/mol. The summed E-state index contributed by atoms with van der Waals surface area (Å²) in [5.74, 6) is 0. The molecule has 3 rings (SSSR count). The second-order valence-corrected chi connectivity index (χ2v) is 6.24. The summed E-state index contributed by atoms with van der Waals surface area (Å²) >= 11 is 5.86. The molecule has 3 nitrogen and oxygen atoms in total. The SMILES string of the molecule is FC(F)(F)c1cccc(CNCC2CC(c3ccc(Cl)cc3)=NO2)c1. The Kier molecular flexibility index (Phi) is 5.30. The summed E-state index contributed by atoms with van der Waals surface area (Å²) in [5, 5.41) is 7.85. The van der Waals surface area contributed by atoms with Gasteiger partial charge >= 0.3 is 6.18 Å². The Balaban J connectivity index is 1.49. The first-order chi connectivity index (χ1) is 11.9. The molecule has 0 saturated heterocycles. The molecule has 0 aliphatic carbocycles. The van der Waals surface area contributed by atoms with Gasteiger partial charge in [0, 0.05) is 24.5 Å². The highest BCUT2D eigenvalue weighted by atomic mass is 35.5. The van der Waals surface area contributed by atoms with Crippen LogP contribution in [0.3, 0.4) is 0 Å². The lowest BCUT2D eigenvalue weighted by Gasteiger charge is -2.11. The van der Waals surface area contributed by atoms with E-state index in [0.29, 0.717) is 30.1 Å². The lowest BCUT2D eigenvalue weighted by atomic mass is 10.1. The summed E-state index contributed by atoms with van der Waals surface area (Å²) in [6.07, 6.45) is -3.83. The average Bonchev–Trinajstić information content (AvgIpc) is 3.04. The third kappa shape index (κ3) is 4.74. The van der Waals surface area contributed by atoms with E-state index in [1.807, 2.05) is 12.1 Å². The zero-order chi connectivity index (χ0) is 17.9. The molecule has 1 unspecified atom stereocenters. The van der Waals surface area contributed by atoms with Gasteiger partial charge in [-0.3, -0.25) is 0 Å². The number of benzene rings is 2. The van der Waals surface area contributed by atoms with E-state index in [0.717, 1.165) is 23.4 Å². The van der Waals surface area contributed by atoms with Crippen molar-refractivity contribution in [3.63, 3.8) is 0 Å². The zero-order valence-electron chi connectivity index (χ0n) is 13.2. The predicted molar refractivity (Wildman–Crippen MR) is 90.6 cm³/mol. The van der Waals surface area contributed by atoms with Crippen LogP contribution in [0.25, 0.3) is 0 Å². The van der Waals surface area contributed by atoms with E-state index in [1.165, 1.54) is 6.07 Å². The first-order valence-electron chi connectivity index (χ1n) is 7.77. The predicted octanol–water partition coefficient (Wildman–Crippen LogP) is 4.64. The quantitative estimate of drug-likeness (QED) is 0.834. The van der Waals surface area contributed by atoms with Gasteiger partial charge in [-0.05, 0) is 29.3 Å². The van der Waals surface area contributed by atoms with Gasteiger partial charge in [0.2, 0.25) is 0 Å². The number of oxime groups is 1. The minimum atomic E-state index is -4.33. The third-order valence-corrected chi connectivity index (χ3v) is 4.12. The van der Waals surface area contributed by atoms with Crippen LogP contribution in [0.2, 0.25) is 5.02 Å². The highest BCUT2D eigenvalue weighted by Gasteiger charge is 2.30. The Morgan fingerprint density at radius 1 is 1.16 bits per heavy atom. The monoisotopic (exact) mass is 368 g/mol. The number of rotatable bonds is 5. The number of halogens is 4. The number of nitrogens with one attached hydrogen (secondary N) is 1. The van der Waals surface area contributed by atoms with Gasteiger partial charge in [0.25, 0.3) is 0 Å². The molecule has 1 heterocycles. The van der Waals surface area contributed by atoms with Gasteiger partial charge in [-0.2, -0.15) is 13.2 Å². The van der Waals surface area contributed by atoms with Crippen molar-refractivity contribution in [3.05, 3.63) is 70.2 Å². The molecule has 0 radical (unpaired) electrons. The Morgan fingerprint density at radius 2 is 1.92 bits per heavy atom. The lowest BCUT2D eigenvalue weighted by molar-refractivity contribution is -0.137. The van der Waals surface area contributed by atoms with E-state index in [2.05, 4.69) is 10.5 Å². The maximum absolute atomic E-state index is 12.7. The summed E-state index contributed by atoms with van der Waals surface area (Å²) in [5.41, 5.74) is 1.72. The van der Waals surface area contributed by atoms with E-state index < -0.39 is 11.7 Å². The van der Waals surface area contributed by atoms with Gasteiger partial charge < -0.3 is 10.2 Å². The second kappa shape index (κ2) is 7.45. The molecule has 2 aromatic carbocycles. The maximum Gasteiger partial charge on any atom is 0.416 e. The maximum atomic E-state index is 12.7. The van der Waals surface area contributed by atoms with Gasteiger partial charge in [-0.25, -0.2) is 0 Å². The number of hydrogen-bond acceptors (Lipinski definition) is 3. The van der Waals surface area contributed by atoms with Gasteiger partial charge in [0.1, 0.15) is 6.10 Å². The standard InChI is InChI=1S/C18H16ClF3N2O/c19-15-6-4-13(5-7-15)17-9-16(25-24-17)11-23-10-12-2-1-3-14(8-12)18(20,21)22/h1-8,16,23H,9-11H2. The van der Waals surface area contributed by atoms with Gasteiger partial charge in [-0.15, -0.1) is 0 Å². The van der Waals surface area contributed by atoms with Crippen molar-refractivity contribution in [1.29, 1.82) is 0 Å². The molecule has 7 heteroatoms. The minimum Gasteiger partial charge on any atom is -0.390 e. The lowest BCUT2D eigenvalue weighted by Crippen LogP contribution is -2.26. The molecule has 0 amide bonds. The molecule has 1 atom stereocenters. The van der Waals surface area contributed by atoms with E-state index in [-0.39, 0.29) is 6.10 Å². The largest absolute Gasteiger partial charge is 0.416 e. The Bertz CT molecular complexity index is 760. The van der Waals surface area contributed by atoms with Crippen LogP contribution in [-0.4, -0.2) is 18.4 Å². The topological polar surface area (TPSA) is 33.6 Å². The van der Waals surface area contributed by atoms with Crippen LogP contribution in [0, 0.1) is 0 Å². The van der Waals surface area contributed by atoms with Crippen molar-refractivity contribution < 1.29 is 18.0 Å². The van der Waals surface area contributed by atoms with Crippen LogP contribution in [0.1, 0.15) is 23.1 Å². The molecule has 0 bridgehead atoms. The molecule has 25 heavy (non-hydrogen) atoms. The highest BCUT2D eigenvalue weighted by molar-refractivity contribution is 6.30. The number of hydrogen-bond donors (Lipinski definition) is 1. The van der Waals surface area contributed by atoms with E-state index >= 15 is 0 Å². The molecule has 0 saturated carbocycles. The fourth-order valence-electron chi connectivity index (χ4n) is 2.59.